The van der Waals surface area contributed by atoms with E-state index in [0.29, 0.717) is 23.0 Å². The molecule has 0 bridgehead atoms. The van der Waals surface area contributed by atoms with E-state index in [9.17, 15) is 9.59 Å². The van der Waals surface area contributed by atoms with Crippen molar-refractivity contribution in [3.05, 3.63) is 108 Å². The molecule has 0 spiro atoms. The lowest BCUT2D eigenvalue weighted by molar-refractivity contribution is -0.112. The van der Waals surface area contributed by atoms with Crippen LogP contribution in [-0.2, 0) is 9.59 Å². The monoisotopic (exact) mass is 532 g/mol. The molecule has 4 aromatic rings. The first kappa shape index (κ1) is 26.5. The highest BCUT2D eigenvalue weighted by molar-refractivity contribution is 6.01. The standard InChI is InChI=1S/C30H28N8O2/c39-29(16-10-23-8-1-3-18-31-23)33-27-14-12-25(35-37-27)21-6-5-7-22(20-21)26-13-15-28(38-36-26)34-30(40)17-11-24-9-2-4-19-32-24/h1-4,8-19,21-22H,5-7,20H2,(H,33,37,39)(H,34,38,40). The number of hydrogen-bond donors (Lipinski definition) is 2. The smallest absolute Gasteiger partial charge is 0.249 e. The molecule has 2 unspecified atom stereocenters. The second-order valence-electron chi connectivity index (χ2n) is 9.40. The first-order valence-electron chi connectivity index (χ1n) is 13.1. The van der Waals surface area contributed by atoms with E-state index in [1.807, 2.05) is 48.5 Å². The molecule has 1 saturated carbocycles. The highest BCUT2D eigenvalue weighted by atomic mass is 16.2. The van der Waals surface area contributed by atoms with Crippen LogP contribution in [0.4, 0.5) is 11.6 Å². The Kier molecular flexibility index (Phi) is 8.67. The molecule has 10 nitrogen and oxygen atoms in total. The number of carbonyl (C=O) groups excluding carboxylic acids is 2. The molecule has 4 aromatic heterocycles. The number of rotatable bonds is 8. The van der Waals surface area contributed by atoms with Gasteiger partial charge < -0.3 is 10.6 Å². The topological polar surface area (TPSA) is 136 Å². The summed E-state index contributed by atoms with van der Waals surface area (Å²) in [6.07, 6.45) is 13.4. The molecular formula is C30H28N8O2. The fraction of sp³-hybridized carbons (Fsp3) is 0.200. The van der Waals surface area contributed by atoms with Gasteiger partial charge in [-0.2, -0.15) is 10.2 Å². The van der Waals surface area contributed by atoms with Crippen molar-refractivity contribution in [1.82, 2.24) is 30.4 Å². The number of carbonyl (C=O) groups is 2. The fourth-order valence-electron chi connectivity index (χ4n) is 4.59. The third-order valence-electron chi connectivity index (χ3n) is 6.57. The molecule has 1 aliphatic rings. The summed E-state index contributed by atoms with van der Waals surface area (Å²) < 4.78 is 0. The van der Waals surface area contributed by atoms with Crippen LogP contribution < -0.4 is 10.6 Å². The Hall–Kier alpha value is -5.12. The molecular weight excluding hydrogens is 504 g/mol. The van der Waals surface area contributed by atoms with Crippen LogP contribution in [0.25, 0.3) is 12.2 Å². The molecule has 1 aliphatic carbocycles. The zero-order valence-corrected chi connectivity index (χ0v) is 21.7. The average Bonchev–Trinajstić information content (AvgIpc) is 3.01. The average molecular weight is 533 g/mol. The van der Waals surface area contributed by atoms with Gasteiger partial charge in [0.25, 0.3) is 0 Å². The van der Waals surface area contributed by atoms with E-state index in [4.69, 9.17) is 0 Å². The predicted molar refractivity (Wildman–Crippen MR) is 152 cm³/mol. The van der Waals surface area contributed by atoms with Gasteiger partial charge in [0, 0.05) is 36.4 Å². The minimum absolute atomic E-state index is 0.234. The van der Waals surface area contributed by atoms with Gasteiger partial charge in [0.05, 0.1) is 22.8 Å². The third kappa shape index (κ3) is 7.47. The zero-order valence-electron chi connectivity index (χ0n) is 21.7. The van der Waals surface area contributed by atoms with Crippen LogP contribution in [0.5, 0.6) is 0 Å². The van der Waals surface area contributed by atoms with E-state index in [1.165, 1.54) is 12.2 Å². The van der Waals surface area contributed by atoms with Crippen molar-refractivity contribution in [3.63, 3.8) is 0 Å². The summed E-state index contributed by atoms with van der Waals surface area (Å²) in [7, 11) is 0. The molecule has 4 heterocycles. The van der Waals surface area contributed by atoms with Gasteiger partial charge in [-0.05, 0) is 79.9 Å². The molecule has 2 N–H and O–H groups in total. The van der Waals surface area contributed by atoms with Crippen LogP contribution in [-0.4, -0.2) is 42.2 Å². The molecule has 1 fully saturated rings. The van der Waals surface area contributed by atoms with Gasteiger partial charge in [-0.15, -0.1) is 10.2 Å². The summed E-state index contributed by atoms with van der Waals surface area (Å²) in [5.74, 6) is 0.659. The lowest BCUT2D eigenvalue weighted by Crippen LogP contribution is -2.17. The lowest BCUT2D eigenvalue weighted by Gasteiger charge is -2.28. The minimum atomic E-state index is -0.298. The summed E-state index contributed by atoms with van der Waals surface area (Å²) in [6, 6.07) is 18.4. The first-order valence-corrected chi connectivity index (χ1v) is 13.1. The van der Waals surface area contributed by atoms with Gasteiger partial charge in [0.1, 0.15) is 0 Å². The molecule has 40 heavy (non-hydrogen) atoms. The Labute approximate surface area is 231 Å². The summed E-state index contributed by atoms with van der Waals surface area (Å²) in [5, 5.41) is 22.7. The number of pyridine rings is 2. The van der Waals surface area contributed by atoms with Crippen LogP contribution in [0.15, 0.2) is 85.2 Å². The maximum atomic E-state index is 12.2. The van der Waals surface area contributed by atoms with Gasteiger partial charge in [-0.25, -0.2) is 0 Å². The highest BCUT2D eigenvalue weighted by Crippen LogP contribution is 2.40. The number of nitrogens with zero attached hydrogens (tertiary/aromatic N) is 6. The van der Waals surface area contributed by atoms with Gasteiger partial charge >= 0.3 is 0 Å². The maximum Gasteiger partial charge on any atom is 0.249 e. The molecule has 0 saturated heterocycles. The second kappa shape index (κ2) is 13.1. The van der Waals surface area contributed by atoms with Gasteiger partial charge in [0.15, 0.2) is 11.6 Å². The minimum Gasteiger partial charge on any atom is -0.306 e. The molecule has 5 rings (SSSR count). The van der Waals surface area contributed by atoms with E-state index in [2.05, 4.69) is 41.0 Å². The van der Waals surface area contributed by atoms with Crippen LogP contribution in [0.3, 0.4) is 0 Å². The van der Waals surface area contributed by atoms with Crippen molar-refractivity contribution in [2.45, 2.75) is 37.5 Å². The zero-order chi connectivity index (χ0) is 27.6. The van der Waals surface area contributed by atoms with Crippen molar-refractivity contribution in [2.24, 2.45) is 0 Å². The summed E-state index contributed by atoms with van der Waals surface area (Å²) in [5.41, 5.74) is 3.18. The van der Waals surface area contributed by atoms with Crippen molar-refractivity contribution in [3.8, 4) is 0 Å². The third-order valence-corrected chi connectivity index (χ3v) is 6.57. The Bertz CT molecular complexity index is 1360. The number of aromatic nitrogens is 6. The molecule has 200 valence electrons. The van der Waals surface area contributed by atoms with Crippen LogP contribution in [0.1, 0.15) is 60.3 Å². The Morgan fingerprint density at radius 3 is 1.55 bits per heavy atom. The second-order valence-corrected chi connectivity index (χ2v) is 9.40. The van der Waals surface area contributed by atoms with Gasteiger partial charge in [0.2, 0.25) is 11.8 Å². The SMILES string of the molecule is O=C(C=Cc1ccccn1)Nc1ccc(C2CCCC(c3ccc(NC(=O)C=Cc4ccccn4)nn3)C2)nn1. The van der Waals surface area contributed by atoms with Crippen molar-refractivity contribution in [1.29, 1.82) is 0 Å². The molecule has 0 aromatic carbocycles. The molecule has 2 atom stereocenters. The molecule has 0 aliphatic heterocycles. The highest BCUT2D eigenvalue weighted by Gasteiger charge is 2.26. The van der Waals surface area contributed by atoms with Gasteiger partial charge in [-0.3, -0.25) is 19.6 Å². The Morgan fingerprint density at radius 1 is 0.650 bits per heavy atom. The molecule has 10 heteroatoms. The maximum absolute atomic E-state index is 12.2. The van der Waals surface area contributed by atoms with E-state index < -0.39 is 0 Å². The number of amides is 2. The van der Waals surface area contributed by atoms with E-state index in [1.54, 1.807) is 36.7 Å². The van der Waals surface area contributed by atoms with Crippen LogP contribution >= 0.6 is 0 Å². The normalized spacial score (nSPS) is 17.1. The summed E-state index contributed by atoms with van der Waals surface area (Å²) in [4.78, 5) is 32.7. The van der Waals surface area contributed by atoms with Crippen LogP contribution in [0.2, 0.25) is 0 Å². The summed E-state index contributed by atoms with van der Waals surface area (Å²) >= 11 is 0. The van der Waals surface area contributed by atoms with Crippen molar-refractivity contribution >= 4 is 35.6 Å². The molecule has 0 radical (unpaired) electrons. The number of anilines is 2. The lowest BCUT2D eigenvalue weighted by atomic mass is 9.78. The van der Waals surface area contributed by atoms with Crippen LogP contribution in [0, 0.1) is 0 Å². The number of nitrogens with one attached hydrogen (secondary N) is 2. The van der Waals surface area contributed by atoms with Crippen molar-refractivity contribution < 1.29 is 9.59 Å². The summed E-state index contributed by atoms with van der Waals surface area (Å²) in [6.45, 7) is 0. The van der Waals surface area contributed by atoms with Crippen molar-refractivity contribution in [2.75, 3.05) is 10.6 Å². The quantitative estimate of drug-likeness (QED) is 0.309. The number of hydrogen-bond acceptors (Lipinski definition) is 8. The van der Waals surface area contributed by atoms with Gasteiger partial charge in [-0.1, -0.05) is 18.6 Å². The first-order chi connectivity index (χ1) is 19.6. The van der Waals surface area contributed by atoms with E-state index in [-0.39, 0.29) is 23.7 Å². The predicted octanol–water partition coefficient (Wildman–Crippen LogP) is 4.80. The van der Waals surface area contributed by atoms with E-state index in [0.717, 1.165) is 37.1 Å². The fourth-order valence-corrected chi connectivity index (χ4v) is 4.59. The Balaban J connectivity index is 1.13. The Morgan fingerprint density at radius 2 is 1.15 bits per heavy atom. The van der Waals surface area contributed by atoms with E-state index >= 15 is 0 Å². The molecule has 2 amide bonds. The largest absolute Gasteiger partial charge is 0.306 e.